The first-order chi connectivity index (χ1) is 10.7. The van der Waals surface area contributed by atoms with Gasteiger partial charge in [0.15, 0.2) is 0 Å². The summed E-state index contributed by atoms with van der Waals surface area (Å²) in [6.45, 7) is 2.33. The molecule has 2 N–H and O–H groups in total. The Bertz CT molecular complexity index is 727. The van der Waals surface area contributed by atoms with Gasteiger partial charge in [-0.05, 0) is 18.8 Å². The normalized spacial score (nSPS) is 29.0. The second-order valence-corrected chi connectivity index (χ2v) is 6.08. The summed E-state index contributed by atoms with van der Waals surface area (Å²) in [5.74, 6) is 0.704. The molecule has 1 aliphatic heterocycles. The zero-order valence-electron chi connectivity index (χ0n) is 12.2. The van der Waals surface area contributed by atoms with Crippen molar-refractivity contribution in [1.82, 2.24) is 24.5 Å². The lowest BCUT2D eigenvalue weighted by molar-refractivity contribution is -0.0594. The van der Waals surface area contributed by atoms with Crippen LogP contribution in [0.15, 0.2) is 17.2 Å². The largest absolute Gasteiger partial charge is 0.396 e. The number of aliphatic hydroxyl groups excluding tert-OH is 1. The average Bonchev–Trinajstić information content (AvgIpc) is 3.13. The zero-order chi connectivity index (χ0) is 15.1. The highest BCUT2D eigenvalue weighted by molar-refractivity contribution is 5.26. The third kappa shape index (κ3) is 2.33. The number of rotatable bonds is 3. The molecule has 4 rings (SSSR count). The second kappa shape index (κ2) is 5.45. The van der Waals surface area contributed by atoms with Gasteiger partial charge in [0.1, 0.15) is 6.33 Å². The Morgan fingerprint density at radius 3 is 3.23 bits per heavy atom. The van der Waals surface area contributed by atoms with E-state index in [1.807, 2.05) is 0 Å². The summed E-state index contributed by atoms with van der Waals surface area (Å²) in [5.41, 5.74) is 0.576. The van der Waals surface area contributed by atoms with E-state index in [2.05, 4.69) is 20.0 Å². The Morgan fingerprint density at radius 1 is 1.45 bits per heavy atom. The van der Waals surface area contributed by atoms with Crippen molar-refractivity contribution in [2.45, 2.75) is 31.5 Å². The van der Waals surface area contributed by atoms with Gasteiger partial charge in [-0.15, -0.1) is 0 Å². The van der Waals surface area contributed by atoms with Crippen LogP contribution in [0.3, 0.4) is 0 Å². The van der Waals surface area contributed by atoms with Gasteiger partial charge in [0.05, 0.1) is 18.4 Å². The van der Waals surface area contributed by atoms with Gasteiger partial charge in [0.25, 0.3) is 11.3 Å². The van der Waals surface area contributed by atoms with Crippen molar-refractivity contribution in [3.8, 4) is 0 Å². The van der Waals surface area contributed by atoms with Crippen LogP contribution in [-0.2, 0) is 11.3 Å². The first-order valence-electron chi connectivity index (χ1n) is 7.63. The molecule has 8 heteroatoms. The van der Waals surface area contributed by atoms with Crippen molar-refractivity contribution >= 4 is 5.78 Å². The van der Waals surface area contributed by atoms with Gasteiger partial charge in [-0.25, -0.2) is 9.97 Å². The van der Waals surface area contributed by atoms with E-state index in [0.717, 1.165) is 25.1 Å². The van der Waals surface area contributed by atoms with Crippen LogP contribution >= 0.6 is 0 Å². The van der Waals surface area contributed by atoms with Gasteiger partial charge in [-0.2, -0.15) is 4.52 Å². The predicted octanol–water partition coefficient (Wildman–Crippen LogP) is -0.611. The van der Waals surface area contributed by atoms with Gasteiger partial charge in [0.2, 0.25) is 0 Å². The number of H-pyrrole nitrogens is 1. The van der Waals surface area contributed by atoms with Crippen molar-refractivity contribution in [1.29, 1.82) is 0 Å². The molecular weight excluding hydrogens is 286 g/mol. The molecule has 3 atom stereocenters. The number of nitrogens with zero attached hydrogens (tertiary/aromatic N) is 4. The topological polar surface area (TPSA) is 95.8 Å². The van der Waals surface area contributed by atoms with Gasteiger partial charge >= 0.3 is 0 Å². The minimum Gasteiger partial charge on any atom is -0.396 e. The van der Waals surface area contributed by atoms with E-state index in [1.165, 1.54) is 10.8 Å². The van der Waals surface area contributed by atoms with Crippen LogP contribution in [0.25, 0.3) is 5.78 Å². The fraction of sp³-hybridized carbons (Fsp3) is 0.643. The Kier molecular flexibility index (Phi) is 3.44. The summed E-state index contributed by atoms with van der Waals surface area (Å²) in [5, 5.41) is 12.1. The Morgan fingerprint density at radius 2 is 2.36 bits per heavy atom. The van der Waals surface area contributed by atoms with Gasteiger partial charge in [-0.3, -0.25) is 14.8 Å². The molecule has 1 aliphatic carbocycles. The molecule has 0 aromatic carbocycles. The average molecular weight is 305 g/mol. The molecule has 2 fully saturated rings. The lowest BCUT2D eigenvalue weighted by Crippen LogP contribution is -2.48. The van der Waals surface area contributed by atoms with E-state index < -0.39 is 0 Å². The molecule has 3 heterocycles. The number of fused-ring (bicyclic) bond motifs is 2. The summed E-state index contributed by atoms with van der Waals surface area (Å²) < 4.78 is 7.15. The van der Waals surface area contributed by atoms with Gasteiger partial charge in [-0.1, -0.05) is 0 Å². The smallest absolute Gasteiger partial charge is 0.274 e. The number of aromatic nitrogens is 4. The fourth-order valence-corrected chi connectivity index (χ4v) is 3.63. The Balaban J connectivity index is 1.57. The SMILES string of the molecule is O=c1cc(CN2CCO[C@H]3C[C@H](CO)C[C@@H]32)nc2nc[nH]n12. The summed E-state index contributed by atoms with van der Waals surface area (Å²) >= 11 is 0. The molecule has 2 aromatic rings. The predicted molar refractivity (Wildman–Crippen MR) is 77.4 cm³/mol. The molecule has 2 aliphatic rings. The van der Waals surface area contributed by atoms with Crippen molar-refractivity contribution < 1.29 is 9.84 Å². The number of aromatic amines is 1. The number of morpholine rings is 1. The van der Waals surface area contributed by atoms with Crippen molar-refractivity contribution in [2.75, 3.05) is 19.8 Å². The van der Waals surface area contributed by atoms with Crippen molar-refractivity contribution in [3.63, 3.8) is 0 Å². The van der Waals surface area contributed by atoms with Crippen LogP contribution in [0.5, 0.6) is 0 Å². The van der Waals surface area contributed by atoms with E-state index in [1.54, 1.807) is 6.07 Å². The maximum Gasteiger partial charge on any atom is 0.274 e. The molecule has 1 saturated carbocycles. The molecule has 0 bridgehead atoms. The van der Waals surface area contributed by atoms with Gasteiger partial charge in [0, 0.05) is 31.8 Å². The van der Waals surface area contributed by atoms with Crippen LogP contribution in [0.1, 0.15) is 18.5 Å². The summed E-state index contributed by atoms with van der Waals surface area (Å²) in [4.78, 5) is 22.8. The lowest BCUT2D eigenvalue weighted by Gasteiger charge is -2.37. The third-order valence-electron chi connectivity index (χ3n) is 4.69. The third-order valence-corrected chi connectivity index (χ3v) is 4.69. The first-order valence-corrected chi connectivity index (χ1v) is 7.63. The summed E-state index contributed by atoms with van der Waals surface area (Å²) in [7, 11) is 0. The molecule has 0 unspecified atom stereocenters. The molecule has 0 amide bonds. The quantitative estimate of drug-likeness (QED) is 0.785. The van der Waals surface area contributed by atoms with E-state index in [0.29, 0.717) is 30.9 Å². The van der Waals surface area contributed by atoms with Crippen LogP contribution in [0.2, 0.25) is 0 Å². The molecule has 1 saturated heterocycles. The second-order valence-electron chi connectivity index (χ2n) is 6.08. The van der Waals surface area contributed by atoms with Crippen molar-refractivity contribution in [2.24, 2.45) is 5.92 Å². The van der Waals surface area contributed by atoms with Crippen LogP contribution in [-0.4, -0.2) is 61.5 Å². The van der Waals surface area contributed by atoms with Crippen LogP contribution < -0.4 is 5.56 Å². The van der Waals surface area contributed by atoms with Gasteiger partial charge < -0.3 is 9.84 Å². The standard InChI is InChI=1S/C14H19N5O3/c20-7-9-3-11-12(4-9)22-2-1-18(11)6-10-5-13(21)19-14(17-10)15-8-16-19/h5,8-9,11-12,20H,1-4,6-7H2,(H,15,16,17)/t9-,11+,12+/m1/s1. The highest BCUT2D eigenvalue weighted by Gasteiger charge is 2.40. The monoisotopic (exact) mass is 305 g/mol. The minimum absolute atomic E-state index is 0.151. The Hall–Kier alpha value is -1.77. The zero-order valence-corrected chi connectivity index (χ0v) is 12.2. The van der Waals surface area contributed by atoms with E-state index in [-0.39, 0.29) is 18.3 Å². The maximum absolute atomic E-state index is 12.0. The number of ether oxygens (including phenoxy) is 1. The molecule has 22 heavy (non-hydrogen) atoms. The molecule has 118 valence electrons. The Labute approximate surface area is 126 Å². The fourth-order valence-electron chi connectivity index (χ4n) is 3.63. The highest BCUT2D eigenvalue weighted by Crippen LogP contribution is 2.34. The first kappa shape index (κ1) is 13.9. The van der Waals surface area contributed by atoms with E-state index in [9.17, 15) is 9.90 Å². The van der Waals surface area contributed by atoms with Crippen LogP contribution in [0.4, 0.5) is 0 Å². The number of nitrogens with one attached hydrogen (secondary N) is 1. The number of hydrogen-bond acceptors (Lipinski definition) is 6. The van der Waals surface area contributed by atoms with Crippen molar-refractivity contribution in [3.05, 3.63) is 28.4 Å². The molecule has 0 spiro atoms. The molecular formula is C14H19N5O3. The summed E-state index contributed by atoms with van der Waals surface area (Å²) in [6, 6.07) is 1.85. The number of aliphatic hydroxyl groups is 1. The molecule has 2 aromatic heterocycles. The maximum atomic E-state index is 12.0. The highest BCUT2D eigenvalue weighted by atomic mass is 16.5. The molecule has 8 nitrogen and oxygen atoms in total. The van der Waals surface area contributed by atoms with E-state index >= 15 is 0 Å². The van der Waals surface area contributed by atoms with E-state index in [4.69, 9.17) is 4.74 Å². The summed E-state index contributed by atoms with van der Waals surface area (Å²) in [6.07, 6.45) is 3.49. The molecule has 0 radical (unpaired) electrons. The van der Waals surface area contributed by atoms with Crippen LogP contribution in [0, 0.1) is 5.92 Å². The minimum atomic E-state index is -0.151. The lowest BCUT2D eigenvalue weighted by atomic mass is 10.1. The number of hydrogen-bond donors (Lipinski definition) is 2.